The lowest BCUT2D eigenvalue weighted by Crippen LogP contribution is -2.57. The van der Waals surface area contributed by atoms with E-state index < -0.39 is 5.54 Å². The first-order chi connectivity index (χ1) is 14.7. The summed E-state index contributed by atoms with van der Waals surface area (Å²) < 4.78 is 0. The minimum Gasteiger partial charge on any atom is -0.342 e. The van der Waals surface area contributed by atoms with E-state index in [1.165, 1.54) is 16.2 Å². The second kappa shape index (κ2) is 8.26. The molecule has 0 unspecified atom stereocenters. The normalized spacial score (nSPS) is 23.6. The van der Waals surface area contributed by atoms with Crippen LogP contribution in [0, 0.1) is 12.8 Å². The van der Waals surface area contributed by atoms with Gasteiger partial charge in [-0.3, -0.25) is 19.3 Å². The van der Waals surface area contributed by atoms with Crippen LogP contribution in [-0.2, 0) is 9.59 Å². The number of aryl methyl sites for hydroxylation is 1. The molecule has 9 heteroatoms. The number of piperidine rings is 2. The molecule has 3 fully saturated rings. The fraction of sp³-hybridized carbons (Fsp3) is 0.636. The molecule has 4 rings (SSSR count). The van der Waals surface area contributed by atoms with Crippen LogP contribution < -0.4 is 5.32 Å². The number of nitrogens with one attached hydrogen (secondary N) is 1. The van der Waals surface area contributed by atoms with Gasteiger partial charge < -0.3 is 15.1 Å². The third kappa shape index (κ3) is 3.95. The SMILES string of the molecule is Cc1ccc(C(=O)N2CCC[C@H](N3C(=O)NC4(CCN(C(=O)C(C)C)CC4)C3=O)C2)s1. The molecule has 3 saturated heterocycles. The summed E-state index contributed by atoms with van der Waals surface area (Å²) in [6.45, 7) is 7.62. The Hall–Kier alpha value is -2.42. The van der Waals surface area contributed by atoms with Crippen LogP contribution in [0.1, 0.15) is 54.1 Å². The van der Waals surface area contributed by atoms with Crippen molar-refractivity contribution in [1.82, 2.24) is 20.0 Å². The Morgan fingerprint density at radius 3 is 2.45 bits per heavy atom. The third-order valence-electron chi connectivity index (χ3n) is 6.62. The van der Waals surface area contributed by atoms with Crippen LogP contribution in [0.5, 0.6) is 0 Å². The predicted octanol–water partition coefficient (Wildman–Crippen LogP) is 2.23. The van der Waals surface area contributed by atoms with Gasteiger partial charge in [0.15, 0.2) is 0 Å². The van der Waals surface area contributed by atoms with Gasteiger partial charge in [0.2, 0.25) is 5.91 Å². The van der Waals surface area contributed by atoms with Crippen molar-refractivity contribution in [3.05, 3.63) is 21.9 Å². The highest BCUT2D eigenvalue weighted by Gasteiger charge is 2.55. The van der Waals surface area contributed by atoms with Crippen molar-refractivity contribution < 1.29 is 19.2 Å². The fourth-order valence-corrected chi connectivity index (χ4v) is 5.68. The van der Waals surface area contributed by atoms with Gasteiger partial charge >= 0.3 is 6.03 Å². The van der Waals surface area contributed by atoms with E-state index in [4.69, 9.17) is 0 Å². The van der Waals surface area contributed by atoms with Crippen LogP contribution in [-0.4, -0.2) is 76.2 Å². The Morgan fingerprint density at radius 1 is 1.13 bits per heavy atom. The average Bonchev–Trinajstić information content (AvgIpc) is 3.28. The zero-order valence-electron chi connectivity index (χ0n) is 18.3. The summed E-state index contributed by atoms with van der Waals surface area (Å²) in [5, 5.41) is 2.93. The number of hydrogen-bond acceptors (Lipinski definition) is 5. The summed E-state index contributed by atoms with van der Waals surface area (Å²) in [6, 6.07) is 3.07. The predicted molar refractivity (Wildman–Crippen MR) is 117 cm³/mol. The number of imide groups is 1. The van der Waals surface area contributed by atoms with Crippen LogP contribution in [0.4, 0.5) is 4.79 Å². The highest BCUT2D eigenvalue weighted by atomic mass is 32.1. The number of rotatable bonds is 3. The van der Waals surface area contributed by atoms with Gasteiger partial charge in [0.05, 0.1) is 10.9 Å². The van der Waals surface area contributed by atoms with Gasteiger partial charge in [-0.15, -0.1) is 11.3 Å². The first-order valence-corrected chi connectivity index (χ1v) is 11.8. The van der Waals surface area contributed by atoms with E-state index >= 15 is 0 Å². The monoisotopic (exact) mass is 446 g/mol. The number of likely N-dealkylation sites (tertiary alicyclic amines) is 2. The Kier molecular flexibility index (Phi) is 5.81. The van der Waals surface area contributed by atoms with Crippen molar-refractivity contribution in [3.63, 3.8) is 0 Å². The van der Waals surface area contributed by atoms with E-state index in [1.807, 2.05) is 32.9 Å². The van der Waals surface area contributed by atoms with E-state index in [2.05, 4.69) is 5.32 Å². The maximum absolute atomic E-state index is 13.4. The summed E-state index contributed by atoms with van der Waals surface area (Å²) in [5.41, 5.74) is -0.929. The Bertz CT molecular complexity index is 903. The number of carbonyl (C=O) groups is 4. The molecule has 0 radical (unpaired) electrons. The molecule has 1 N–H and O–H groups in total. The largest absolute Gasteiger partial charge is 0.342 e. The van der Waals surface area contributed by atoms with Crippen molar-refractivity contribution in [3.8, 4) is 0 Å². The van der Waals surface area contributed by atoms with E-state index in [-0.39, 0.29) is 35.7 Å². The zero-order chi connectivity index (χ0) is 22.3. The molecule has 8 nitrogen and oxygen atoms in total. The molecule has 3 aliphatic rings. The van der Waals surface area contributed by atoms with E-state index in [0.717, 1.165) is 11.3 Å². The molecule has 1 atom stereocenters. The van der Waals surface area contributed by atoms with E-state index in [0.29, 0.717) is 50.3 Å². The van der Waals surface area contributed by atoms with Crippen LogP contribution in [0.15, 0.2) is 12.1 Å². The maximum Gasteiger partial charge on any atom is 0.325 e. The Balaban J connectivity index is 1.44. The number of thiophene rings is 1. The molecule has 0 bridgehead atoms. The molecule has 168 valence electrons. The molecule has 1 spiro atoms. The number of nitrogens with zero attached hydrogens (tertiary/aromatic N) is 3. The molecular weight excluding hydrogens is 416 g/mol. The summed E-state index contributed by atoms with van der Waals surface area (Å²) in [4.78, 5) is 58.1. The first-order valence-electron chi connectivity index (χ1n) is 11.0. The lowest BCUT2D eigenvalue weighted by Gasteiger charge is -2.39. The molecular formula is C22H30N4O4S. The summed E-state index contributed by atoms with van der Waals surface area (Å²) >= 11 is 1.46. The van der Waals surface area contributed by atoms with Gasteiger partial charge in [0.1, 0.15) is 5.54 Å². The van der Waals surface area contributed by atoms with Gasteiger partial charge in [0, 0.05) is 37.0 Å². The van der Waals surface area contributed by atoms with Crippen LogP contribution >= 0.6 is 11.3 Å². The molecule has 0 saturated carbocycles. The molecule has 1 aromatic heterocycles. The van der Waals surface area contributed by atoms with Crippen molar-refractivity contribution in [1.29, 1.82) is 0 Å². The topological polar surface area (TPSA) is 90.0 Å². The minimum absolute atomic E-state index is 0.0370. The van der Waals surface area contributed by atoms with Gasteiger partial charge in [-0.05, 0) is 44.7 Å². The van der Waals surface area contributed by atoms with Crippen molar-refractivity contribution in [2.45, 2.75) is 58.0 Å². The zero-order valence-corrected chi connectivity index (χ0v) is 19.2. The smallest absolute Gasteiger partial charge is 0.325 e. The van der Waals surface area contributed by atoms with Gasteiger partial charge in [-0.1, -0.05) is 13.8 Å². The number of urea groups is 1. The van der Waals surface area contributed by atoms with Crippen LogP contribution in [0.3, 0.4) is 0 Å². The highest BCUT2D eigenvalue weighted by molar-refractivity contribution is 7.13. The van der Waals surface area contributed by atoms with E-state index in [9.17, 15) is 19.2 Å². The molecule has 5 amide bonds. The average molecular weight is 447 g/mol. The maximum atomic E-state index is 13.4. The van der Waals surface area contributed by atoms with Crippen molar-refractivity contribution in [2.24, 2.45) is 5.92 Å². The van der Waals surface area contributed by atoms with Crippen LogP contribution in [0.2, 0.25) is 0 Å². The lowest BCUT2D eigenvalue weighted by atomic mass is 9.86. The summed E-state index contributed by atoms with van der Waals surface area (Å²) in [5.74, 6) is -0.253. The van der Waals surface area contributed by atoms with E-state index in [1.54, 1.807) is 9.80 Å². The number of amides is 5. The number of carbonyl (C=O) groups excluding carboxylic acids is 4. The van der Waals surface area contributed by atoms with Gasteiger partial charge in [-0.2, -0.15) is 0 Å². The first kappa shape index (κ1) is 21.8. The minimum atomic E-state index is -0.929. The fourth-order valence-electron chi connectivity index (χ4n) is 4.84. The molecule has 0 aliphatic carbocycles. The van der Waals surface area contributed by atoms with Gasteiger partial charge in [0.25, 0.3) is 11.8 Å². The summed E-state index contributed by atoms with van der Waals surface area (Å²) in [6.07, 6.45) is 2.30. The standard InChI is InChI=1S/C22H30N4O4S/c1-14(2)18(27)24-11-8-22(9-12-24)20(29)26(21(30)23-22)16-5-4-10-25(13-16)19(28)17-7-6-15(3)31-17/h6-7,14,16H,4-5,8-13H2,1-3H3,(H,23,30)/t16-/m0/s1. The summed E-state index contributed by atoms with van der Waals surface area (Å²) in [7, 11) is 0. The lowest BCUT2D eigenvalue weighted by molar-refractivity contribution is -0.141. The highest BCUT2D eigenvalue weighted by Crippen LogP contribution is 2.33. The van der Waals surface area contributed by atoms with Crippen LogP contribution in [0.25, 0.3) is 0 Å². The quantitative estimate of drug-likeness (QED) is 0.721. The second-order valence-electron chi connectivity index (χ2n) is 9.12. The number of hydrogen-bond donors (Lipinski definition) is 1. The molecule has 0 aromatic carbocycles. The molecule has 4 heterocycles. The second-order valence-corrected chi connectivity index (χ2v) is 10.4. The Labute approximate surface area is 186 Å². The third-order valence-corrected chi connectivity index (χ3v) is 7.60. The molecule has 1 aromatic rings. The Morgan fingerprint density at radius 2 is 1.84 bits per heavy atom. The van der Waals surface area contributed by atoms with Gasteiger partial charge in [-0.25, -0.2) is 4.79 Å². The van der Waals surface area contributed by atoms with Crippen molar-refractivity contribution in [2.75, 3.05) is 26.2 Å². The molecule has 3 aliphatic heterocycles. The molecule has 31 heavy (non-hydrogen) atoms. The van der Waals surface area contributed by atoms with Crippen molar-refractivity contribution >= 4 is 35.1 Å².